The molecule has 1 aromatic carbocycles. The maximum atomic E-state index is 13.9. The van der Waals surface area contributed by atoms with Crippen molar-refractivity contribution in [3.63, 3.8) is 0 Å². The highest BCUT2D eigenvalue weighted by atomic mass is 35.5. The van der Waals surface area contributed by atoms with E-state index in [1.165, 1.54) is 19.4 Å². The first kappa shape index (κ1) is 20.2. The maximum absolute atomic E-state index is 13.9. The minimum absolute atomic E-state index is 0.323. The lowest BCUT2D eigenvalue weighted by atomic mass is 9.99. The minimum Gasteiger partial charge on any atom is -0.496 e. The molecule has 2 heterocycles. The topological polar surface area (TPSA) is 44.2 Å². The van der Waals surface area contributed by atoms with Gasteiger partial charge in [-0.1, -0.05) is 23.7 Å². The molecule has 3 rings (SSSR count). The number of halogens is 3. The first-order valence-electron chi connectivity index (χ1n) is 8.54. The van der Waals surface area contributed by atoms with E-state index in [-0.39, 0.29) is 5.69 Å². The van der Waals surface area contributed by atoms with Gasteiger partial charge in [-0.2, -0.15) is 8.78 Å². The van der Waals surface area contributed by atoms with Gasteiger partial charge in [0.25, 0.3) is 0 Å². The monoisotopic (exact) mass is 404 g/mol. The van der Waals surface area contributed by atoms with E-state index in [0.29, 0.717) is 17.2 Å². The Bertz CT molecular complexity index is 949. The molecule has 0 unspecified atom stereocenters. The third-order valence-electron chi connectivity index (χ3n) is 4.24. The molecule has 0 aliphatic carbocycles. The zero-order valence-corrected chi connectivity index (χ0v) is 16.2. The third kappa shape index (κ3) is 4.46. The van der Waals surface area contributed by atoms with Gasteiger partial charge < -0.3 is 9.47 Å². The molecule has 0 bridgehead atoms. The zero-order chi connectivity index (χ0) is 20.1. The predicted octanol–water partition coefficient (Wildman–Crippen LogP) is 5.13. The van der Waals surface area contributed by atoms with Crippen molar-refractivity contribution in [2.24, 2.45) is 0 Å². The number of rotatable bonds is 7. The Hall–Kier alpha value is -2.57. The SMILES string of the molecule is COCC(F)(F)c1ccc(Cc2ncccc2-c2cc(Cl)ccc2OC)cn1. The molecule has 0 aliphatic rings. The highest BCUT2D eigenvalue weighted by Crippen LogP contribution is 2.34. The fraction of sp³-hybridized carbons (Fsp3) is 0.238. The fourth-order valence-corrected chi connectivity index (χ4v) is 3.08. The molecule has 0 fully saturated rings. The van der Waals surface area contributed by atoms with Crippen molar-refractivity contribution < 1.29 is 18.3 Å². The molecule has 0 N–H and O–H groups in total. The van der Waals surface area contributed by atoms with Crippen LogP contribution in [0.1, 0.15) is 17.0 Å². The van der Waals surface area contributed by atoms with Crippen molar-refractivity contribution in [2.45, 2.75) is 12.3 Å². The van der Waals surface area contributed by atoms with Gasteiger partial charge in [0.1, 0.15) is 18.1 Å². The van der Waals surface area contributed by atoms with Crippen molar-refractivity contribution in [3.8, 4) is 16.9 Å². The van der Waals surface area contributed by atoms with Gasteiger partial charge in [0, 0.05) is 42.1 Å². The Morgan fingerprint density at radius 2 is 1.86 bits per heavy atom. The number of aromatic nitrogens is 2. The van der Waals surface area contributed by atoms with Crippen molar-refractivity contribution in [1.29, 1.82) is 0 Å². The van der Waals surface area contributed by atoms with Crippen LogP contribution in [0.2, 0.25) is 5.02 Å². The first-order valence-corrected chi connectivity index (χ1v) is 8.92. The molecule has 146 valence electrons. The Morgan fingerprint density at radius 1 is 1.04 bits per heavy atom. The molecule has 0 atom stereocenters. The summed E-state index contributed by atoms with van der Waals surface area (Å²) in [5.74, 6) is -2.45. The number of alkyl halides is 2. The van der Waals surface area contributed by atoms with Gasteiger partial charge in [0.15, 0.2) is 0 Å². The summed E-state index contributed by atoms with van der Waals surface area (Å²) in [6, 6.07) is 12.0. The average molecular weight is 405 g/mol. The number of benzene rings is 1. The van der Waals surface area contributed by atoms with Crippen LogP contribution in [-0.2, 0) is 17.1 Å². The van der Waals surface area contributed by atoms with Gasteiger partial charge in [0.05, 0.1) is 12.8 Å². The van der Waals surface area contributed by atoms with Gasteiger partial charge in [-0.15, -0.1) is 0 Å². The Kier molecular flexibility index (Phi) is 6.21. The molecule has 0 radical (unpaired) electrons. The van der Waals surface area contributed by atoms with Gasteiger partial charge in [-0.05, 0) is 35.9 Å². The molecule has 0 spiro atoms. The number of nitrogens with zero attached hydrogens (tertiary/aromatic N) is 2. The molecule has 0 amide bonds. The van der Waals surface area contributed by atoms with Crippen molar-refractivity contribution >= 4 is 11.6 Å². The average Bonchev–Trinajstić information content (AvgIpc) is 2.69. The van der Waals surface area contributed by atoms with Crippen molar-refractivity contribution in [1.82, 2.24) is 9.97 Å². The van der Waals surface area contributed by atoms with E-state index in [1.54, 1.807) is 31.5 Å². The fourth-order valence-electron chi connectivity index (χ4n) is 2.91. The molecule has 0 aliphatic heterocycles. The van der Waals surface area contributed by atoms with Crippen LogP contribution < -0.4 is 4.74 Å². The molecule has 2 aromatic heterocycles. The summed E-state index contributed by atoms with van der Waals surface area (Å²) in [5.41, 5.74) is 2.87. The van der Waals surface area contributed by atoms with Crippen LogP contribution in [0.5, 0.6) is 5.75 Å². The van der Waals surface area contributed by atoms with Gasteiger partial charge in [-0.25, -0.2) is 0 Å². The normalized spacial score (nSPS) is 11.5. The maximum Gasteiger partial charge on any atom is 0.312 e. The van der Waals surface area contributed by atoms with Crippen molar-refractivity contribution in [3.05, 3.63) is 76.8 Å². The van der Waals surface area contributed by atoms with E-state index in [1.807, 2.05) is 18.2 Å². The standard InChI is InChI=1S/C21H19ClF2N2O2/c1-27-13-21(23,24)20-8-5-14(12-26-20)10-18-16(4-3-9-25-18)17-11-15(22)6-7-19(17)28-2/h3-9,11-12H,10,13H2,1-2H3. The van der Waals surface area contributed by atoms with Crippen LogP contribution in [0, 0.1) is 0 Å². The molecule has 4 nitrogen and oxygen atoms in total. The number of methoxy groups -OCH3 is 2. The summed E-state index contributed by atoms with van der Waals surface area (Å²) in [7, 11) is 2.82. The van der Waals surface area contributed by atoms with Gasteiger partial charge >= 0.3 is 5.92 Å². The summed E-state index contributed by atoms with van der Waals surface area (Å²) in [6.07, 6.45) is 3.55. The van der Waals surface area contributed by atoms with E-state index < -0.39 is 12.5 Å². The first-order chi connectivity index (χ1) is 13.4. The second-order valence-electron chi connectivity index (χ2n) is 6.21. The number of pyridine rings is 2. The summed E-state index contributed by atoms with van der Waals surface area (Å²) < 4.78 is 37.8. The van der Waals surface area contributed by atoms with Gasteiger partial charge in [0.2, 0.25) is 0 Å². The summed E-state index contributed by atoms with van der Waals surface area (Å²) in [4.78, 5) is 8.37. The lowest BCUT2D eigenvalue weighted by Crippen LogP contribution is -2.21. The zero-order valence-electron chi connectivity index (χ0n) is 15.5. The Balaban J connectivity index is 1.92. The van der Waals surface area contributed by atoms with Crippen LogP contribution in [0.15, 0.2) is 54.9 Å². The van der Waals surface area contributed by atoms with E-state index in [0.717, 1.165) is 22.4 Å². The van der Waals surface area contributed by atoms with E-state index >= 15 is 0 Å². The van der Waals surface area contributed by atoms with Crippen LogP contribution in [-0.4, -0.2) is 30.8 Å². The third-order valence-corrected chi connectivity index (χ3v) is 4.47. The summed E-state index contributed by atoms with van der Waals surface area (Å²) in [6.45, 7) is -0.710. The minimum atomic E-state index is -3.13. The smallest absolute Gasteiger partial charge is 0.312 e. The summed E-state index contributed by atoms with van der Waals surface area (Å²) >= 11 is 6.15. The highest BCUT2D eigenvalue weighted by molar-refractivity contribution is 6.31. The van der Waals surface area contributed by atoms with E-state index in [9.17, 15) is 8.78 Å². The lowest BCUT2D eigenvalue weighted by Gasteiger charge is -2.15. The lowest BCUT2D eigenvalue weighted by molar-refractivity contribution is -0.0731. The molecule has 0 saturated carbocycles. The van der Waals surface area contributed by atoms with Crippen molar-refractivity contribution in [2.75, 3.05) is 20.8 Å². The number of hydrogen-bond donors (Lipinski definition) is 0. The van der Waals surface area contributed by atoms with E-state index in [4.69, 9.17) is 16.3 Å². The predicted molar refractivity (Wildman–Crippen MR) is 104 cm³/mol. The molecular formula is C21H19ClF2N2O2. The number of ether oxygens (including phenoxy) is 2. The van der Waals surface area contributed by atoms with E-state index in [2.05, 4.69) is 14.7 Å². The van der Waals surface area contributed by atoms with Crippen LogP contribution in [0.3, 0.4) is 0 Å². The largest absolute Gasteiger partial charge is 0.496 e. The summed E-state index contributed by atoms with van der Waals surface area (Å²) in [5, 5.41) is 0.581. The molecular weight excluding hydrogens is 386 g/mol. The molecule has 7 heteroatoms. The number of hydrogen-bond acceptors (Lipinski definition) is 4. The van der Waals surface area contributed by atoms with Crippen LogP contribution in [0.4, 0.5) is 8.78 Å². The van der Waals surface area contributed by atoms with Crippen LogP contribution >= 0.6 is 11.6 Å². The molecule has 0 saturated heterocycles. The molecule has 3 aromatic rings. The van der Waals surface area contributed by atoms with Crippen LogP contribution in [0.25, 0.3) is 11.1 Å². The second-order valence-corrected chi connectivity index (χ2v) is 6.64. The Labute approximate surface area is 167 Å². The van der Waals surface area contributed by atoms with Gasteiger partial charge in [-0.3, -0.25) is 9.97 Å². The molecule has 28 heavy (non-hydrogen) atoms. The highest BCUT2D eigenvalue weighted by Gasteiger charge is 2.33. The quantitative estimate of drug-likeness (QED) is 0.547. The second kappa shape index (κ2) is 8.63. The Morgan fingerprint density at radius 3 is 2.54 bits per heavy atom.